The third-order valence-corrected chi connectivity index (χ3v) is 3.23. The number of hydrogen-bond donors (Lipinski definition) is 3. The first kappa shape index (κ1) is 11.1. The van der Waals surface area contributed by atoms with E-state index in [0.29, 0.717) is 6.54 Å². The van der Waals surface area contributed by atoms with Crippen molar-refractivity contribution in [1.29, 1.82) is 0 Å². The van der Waals surface area contributed by atoms with Gasteiger partial charge in [-0.2, -0.15) is 0 Å². The minimum atomic E-state index is -3.90. The van der Waals surface area contributed by atoms with E-state index >= 15 is 0 Å². The van der Waals surface area contributed by atoms with Crippen molar-refractivity contribution in [3.63, 3.8) is 0 Å². The van der Waals surface area contributed by atoms with Crippen LogP contribution in [0.5, 0.6) is 0 Å². The fourth-order valence-electron chi connectivity index (χ4n) is 1.80. The maximum atomic E-state index is 10.7. The number of aliphatic hydroxyl groups is 1. The Hall–Kier alpha value is 0.0700. The predicted molar refractivity (Wildman–Crippen MR) is 48.6 cm³/mol. The smallest absolute Gasteiger partial charge is 0.327 e. The van der Waals surface area contributed by atoms with Crippen molar-refractivity contribution in [2.24, 2.45) is 0 Å². The Kier molecular flexibility index (Phi) is 3.88. The van der Waals surface area contributed by atoms with Crippen LogP contribution in [0.2, 0.25) is 0 Å². The lowest BCUT2D eigenvalue weighted by atomic mass is 10.2. The molecule has 1 heterocycles. The Balaban J connectivity index is 2.44. The topological polar surface area (TPSA) is 81.0 Å². The number of nitrogens with zero attached hydrogens (tertiary/aromatic N) is 1. The molecular weight excluding hydrogens is 193 g/mol. The molecule has 1 aliphatic heterocycles. The van der Waals surface area contributed by atoms with E-state index in [1.807, 2.05) is 4.90 Å². The predicted octanol–water partition coefficient (Wildman–Crippen LogP) is -0.379. The van der Waals surface area contributed by atoms with Crippen molar-refractivity contribution in [2.75, 3.05) is 25.9 Å². The lowest BCUT2D eigenvalue weighted by molar-refractivity contribution is 0.189. The Labute approximate surface area is 77.5 Å². The maximum Gasteiger partial charge on any atom is 0.327 e. The lowest BCUT2D eigenvalue weighted by Crippen LogP contribution is -2.34. The molecule has 0 bridgehead atoms. The molecule has 0 aromatic carbocycles. The van der Waals surface area contributed by atoms with Gasteiger partial charge in [0.15, 0.2) is 0 Å². The summed E-state index contributed by atoms with van der Waals surface area (Å²) in [5, 5.41) is 8.71. The summed E-state index contributed by atoms with van der Waals surface area (Å²) in [5.74, 6) is 0. The lowest BCUT2D eigenvalue weighted by Gasteiger charge is -2.23. The SMILES string of the molecule is O=P(O)(O)CC1CCCN1CCO. The fraction of sp³-hybridized carbons (Fsp3) is 1.00. The van der Waals surface area contributed by atoms with Gasteiger partial charge in [-0.3, -0.25) is 9.46 Å². The Morgan fingerprint density at radius 3 is 2.69 bits per heavy atom. The number of rotatable bonds is 4. The van der Waals surface area contributed by atoms with Gasteiger partial charge in [0.05, 0.1) is 12.8 Å². The highest BCUT2D eigenvalue weighted by Gasteiger charge is 2.29. The van der Waals surface area contributed by atoms with Crippen molar-refractivity contribution in [3.05, 3.63) is 0 Å². The van der Waals surface area contributed by atoms with E-state index < -0.39 is 7.60 Å². The van der Waals surface area contributed by atoms with Gasteiger partial charge in [0.1, 0.15) is 0 Å². The van der Waals surface area contributed by atoms with Gasteiger partial charge in [0.2, 0.25) is 0 Å². The number of likely N-dealkylation sites (tertiary alicyclic amines) is 1. The highest BCUT2D eigenvalue weighted by molar-refractivity contribution is 7.51. The molecule has 1 fully saturated rings. The molecule has 0 radical (unpaired) electrons. The number of aliphatic hydroxyl groups excluding tert-OH is 1. The average Bonchev–Trinajstić information content (AvgIpc) is 2.34. The monoisotopic (exact) mass is 209 g/mol. The Bertz CT molecular complexity index is 205. The summed E-state index contributed by atoms with van der Waals surface area (Å²) in [6, 6.07) is -0.0482. The van der Waals surface area contributed by atoms with Crippen molar-refractivity contribution >= 4 is 7.60 Å². The largest absolute Gasteiger partial charge is 0.395 e. The minimum Gasteiger partial charge on any atom is -0.395 e. The van der Waals surface area contributed by atoms with Crippen LogP contribution in [0, 0.1) is 0 Å². The van der Waals surface area contributed by atoms with Crippen molar-refractivity contribution in [1.82, 2.24) is 4.90 Å². The molecule has 0 aromatic heterocycles. The minimum absolute atomic E-state index is 0.0482. The van der Waals surface area contributed by atoms with E-state index in [-0.39, 0.29) is 18.8 Å². The third kappa shape index (κ3) is 3.75. The summed E-state index contributed by atoms with van der Waals surface area (Å²) in [6.45, 7) is 1.41. The summed E-state index contributed by atoms with van der Waals surface area (Å²) in [5.41, 5.74) is 0. The molecular formula is C7H16NO4P. The van der Waals surface area contributed by atoms with Crippen LogP contribution in [0.15, 0.2) is 0 Å². The van der Waals surface area contributed by atoms with Crippen LogP contribution in [0.25, 0.3) is 0 Å². The van der Waals surface area contributed by atoms with E-state index in [0.717, 1.165) is 19.4 Å². The molecule has 3 N–H and O–H groups in total. The number of β-amino-alcohol motifs (C(OH)–C–C–N with tert-alkyl or cyclic N) is 1. The molecule has 0 spiro atoms. The quantitative estimate of drug-likeness (QED) is 0.550. The molecule has 6 heteroatoms. The Morgan fingerprint density at radius 2 is 2.15 bits per heavy atom. The molecule has 13 heavy (non-hydrogen) atoms. The summed E-state index contributed by atoms with van der Waals surface area (Å²) >= 11 is 0. The van der Waals surface area contributed by atoms with Gasteiger partial charge >= 0.3 is 7.60 Å². The molecule has 0 saturated carbocycles. The standard InChI is InChI=1S/C7H16NO4P/c9-5-4-8-3-1-2-7(8)6-13(10,11)12/h7,9H,1-6H2,(H2,10,11,12). The molecule has 1 atom stereocenters. The normalized spacial score (nSPS) is 25.3. The first-order valence-corrected chi connectivity index (χ1v) is 6.22. The molecule has 0 aromatic rings. The zero-order valence-corrected chi connectivity index (χ0v) is 8.36. The van der Waals surface area contributed by atoms with Gasteiger partial charge in [0.25, 0.3) is 0 Å². The molecule has 1 saturated heterocycles. The van der Waals surface area contributed by atoms with Gasteiger partial charge in [-0.25, -0.2) is 0 Å². The summed E-state index contributed by atoms with van der Waals surface area (Å²) in [4.78, 5) is 19.5. The van der Waals surface area contributed by atoms with Crippen LogP contribution in [0.4, 0.5) is 0 Å². The van der Waals surface area contributed by atoms with Crippen LogP contribution in [0.3, 0.4) is 0 Å². The molecule has 1 aliphatic rings. The van der Waals surface area contributed by atoms with Gasteiger partial charge < -0.3 is 14.9 Å². The van der Waals surface area contributed by atoms with Crippen LogP contribution < -0.4 is 0 Å². The van der Waals surface area contributed by atoms with Crippen LogP contribution in [-0.4, -0.2) is 51.7 Å². The van der Waals surface area contributed by atoms with E-state index in [1.54, 1.807) is 0 Å². The molecule has 78 valence electrons. The molecule has 1 unspecified atom stereocenters. The zero-order valence-electron chi connectivity index (χ0n) is 7.46. The summed E-state index contributed by atoms with van der Waals surface area (Å²) in [6.07, 6.45) is 1.71. The summed E-state index contributed by atoms with van der Waals surface area (Å²) in [7, 11) is -3.90. The fourth-order valence-corrected chi connectivity index (χ4v) is 2.76. The molecule has 5 nitrogen and oxygen atoms in total. The first-order valence-electron chi connectivity index (χ1n) is 4.42. The van der Waals surface area contributed by atoms with Gasteiger partial charge in [-0.05, 0) is 19.4 Å². The van der Waals surface area contributed by atoms with Crippen LogP contribution >= 0.6 is 7.60 Å². The second-order valence-electron chi connectivity index (χ2n) is 3.40. The van der Waals surface area contributed by atoms with Gasteiger partial charge in [-0.15, -0.1) is 0 Å². The van der Waals surface area contributed by atoms with Crippen LogP contribution in [0.1, 0.15) is 12.8 Å². The third-order valence-electron chi connectivity index (χ3n) is 2.33. The van der Waals surface area contributed by atoms with Crippen LogP contribution in [-0.2, 0) is 4.57 Å². The van der Waals surface area contributed by atoms with Crippen molar-refractivity contribution < 1.29 is 19.5 Å². The van der Waals surface area contributed by atoms with Gasteiger partial charge in [-0.1, -0.05) is 0 Å². The average molecular weight is 209 g/mol. The Morgan fingerprint density at radius 1 is 1.46 bits per heavy atom. The second kappa shape index (κ2) is 4.53. The van der Waals surface area contributed by atoms with E-state index in [4.69, 9.17) is 14.9 Å². The molecule has 1 rings (SSSR count). The van der Waals surface area contributed by atoms with Crippen molar-refractivity contribution in [2.45, 2.75) is 18.9 Å². The van der Waals surface area contributed by atoms with E-state index in [1.165, 1.54) is 0 Å². The molecule has 0 amide bonds. The highest BCUT2D eigenvalue weighted by Crippen LogP contribution is 2.38. The number of hydrogen-bond acceptors (Lipinski definition) is 3. The first-order chi connectivity index (χ1) is 6.03. The zero-order chi connectivity index (χ0) is 9.90. The van der Waals surface area contributed by atoms with E-state index in [9.17, 15) is 4.57 Å². The molecule has 0 aliphatic carbocycles. The second-order valence-corrected chi connectivity index (χ2v) is 5.10. The van der Waals surface area contributed by atoms with Gasteiger partial charge in [0, 0.05) is 12.6 Å². The summed E-state index contributed by atoms with van der Waals surface area (Å²) < 4.78 is 10.7. The van der Waals surface area contributed by atoms with E-state index in [2.05, 4.69) is 0 Å². The maximum absolute atomic E-state index is 10.7. The van der Waals surface area contributed by atoms with Crippen molar-refractivity contribution in [3.8, 4) is 0 Å². The highest BCUT2D eigenvalue weighted by atomic mass is 31.2.